The number of rotatable bonds is 0. The minimum atomic E-state index is -1.21. The Morgan fingerprint density at radius 1 is 1.89 bits per heavy atom. The van der Waals surface area contributed by atoms with Gasteiger partial charge in [-0.2, -0.15) is 0 Å². The summed E-state index contributed by atoms with van der Waals surface area (Å²) in [4.78, 5) is 10.6. The molecule has 1 fully saturated rings. The standard InChI is InChI=1S/C6H10O3/c1-4-3-6(2,8)9-5(4)7/h4,8H,3H2,1-2H3/t4-,6+/m1/s1. The van der Waals surface area contributed by atoms with Crippen molar-refractivity contribution in [3.8, 4) is 0 Å². The predicted molar refractivity (Wildman–Crippen MR) is 30.5 cm³/mol. The quantitative estimate of drug-likeness (QED) is 0.479. The van der Waals surface area contributed by atoms with Gasteiger partial charge in [-0.05, 0) is 0 Å². The van der Waals surface area contributed by atoms with Crippen molar-refractivity contribution < 1.29 is 14.6 Å². The molecule has 0 amide bonds. The van der Waals surface area contributed by atoms with Crippen molar-refractivity contribution in [3.05, 3.63) is 0 Å². The maximum Gasteiger partial charge on any atom is 0.311 e. The van der Waals surface area contributed by atoms with E-state index in [2.05, 4.69) is 4.74 Å². The Morgan fingerprint density at radius 3 is 2.56 bits per heavy atom. The van der Waals surface area contributed by atoms with Crippen molar-refractivity contribution >= 4 is 5.97 Å². The van der Waals surface area contributed by atoms with Crippen LogP contribution < -0.4 is 0 Å². The van der Waals surface area contributed by atoms with Gasteiger partial charge in [-0.25, -0.2) is 0 Å². The van der Waals surface area contributed by atoms with Gasteiger partial charge in [0.2, 0.25) is 5.79 Å². The van der Waals surface area contributed by atoms with Gasteiger partial charge in [0.15, 0.2) is 0 Å². The van der Waals surface area contributed by atoms with Crippen molar-refractivity contribution in [3.63, 3.8) is 0 Å². The molecule has 0 saturated carbocycles. The first kappa shape index (κ1) is 6.55. The minimum absolute atomic E-state index is 0.153. The van der Waals surface area contributed by atoms with Crippen molar-refractivity contribution in [2.24, 2.45) is 5.92 Å². The zero-order valence-corrected chi connectivity index (χ0v) is 5.55. The third-order valence-corrected chi connectivity index (χ3v) is 1.41. The Morgan fingerprint density at radius 2 is 2.44 bits per heavy atom. The maximum absolute atomic E-state index is 10.6. The largest absolute Gasteiger partial charge is 0.433 e. The number of ether oxygens (including phenoxy) is 1. The molecule has 1 aliphatic rings. The van der Waals surface area contributed by atoms with Gasteiger partial charge in [0.25, 0.3) is 0 Å². The van der Waals surface area contributed by atoms with Gasteiger partial charge in [0, 0.05) is 13.3 Å². The summed E-state index contributed by atoms with van der Waals surface area (Å²) in [5.74, 6) is -1.67. The second-order valence-electron chi connectivity index (χ2n) is 2.70. The maximum atomic E-state index is 10.6. The highest BCUT2D eigenvalue weighted by molar-refractivity contribution is 5.74. The van der Waals surface area contributed by atoms with E-state index in [1.54, 1.807) is 6.92 Å². The van der Waals surface area contributed by atoms with E-state index in [4.69, 9.17) is 5.11 Å². The van der Waals surface area contributed by atoms with Gasteiger partial charge < -0.3 is 9.84 Å². The first-order valence-electron chi connectivity index (χ1n) is 2.96. The molecule has 52 valence electrons. The Kier molecular flexibility index (Phi) is 1.24. The highest BCUT2D eigenvalue weighted by atomic mass is 16.7. The van der Waals surface area contributed by atoms with Crippen LogP contribution in [0.3, 0.4) is 0 Å². The molecule has 0 aromatic rings. The van der Waals surface area contributed by atoms with E-state index in [1.165, 1.54) is 6.92 Å². The van der Waals surface area contributed by atoms with Crippen LogP contribution in [-0.2, 0) is 9.53 Å². The number of carbonyl (C=O) groups is 1. The molecule has 1 saturated heterocycles. The predicted octanol–water partition coefficient (Wildman–Crippen LogP) is 0.278. The van der Waals surface area contributed by atoms with E-state index in [-0.39, 0.29) is 11.9 Å². The van der Waals surface area contributed by atoms with E-state index in [1.807, 2.05) is 0 Å². The molecule has 3 heteroatoms. The molecule has 2 atom stereocenters. The second-order valence-corrected chi connectivity index (χ2v) is 2.70. The van der Waals surface area contributed by atoms with Crippen LogP contribution in [0.25, 0.3) is 0 Å². The Bertz CT molecular complexity index is 139. The Balaban J connectivity index is 2.65. The third-order valence-electron chi connectivity index (χ3n) is 1.41. The Hall–Kier alpha value is -0.570. The topological polar surface area (TPSA) is 46.5 Å². The summed E-state index contributed by atoms with van der Waals surface area (Å²) in [6.07, 6.45) is 0.409. The van der Waals surface area contributed by atoms with Crippen molar-refractivity contribution in [2.75, 3.05) is 0 Å². The zero-order valence-electron chi connectivity index (χ0n) is 5.55. The molecule has 1 rings (SSSR count). The molecule has 0 aliphatic carbocycles. The molecule has 0 radical (unpaired) electrons. The van der Waals surface area contributed by atoms with Crippen LogP contribution in [0.15, 0.2) is 0 Å². The van der Waals surface area contributed by atoms with E-state index in [9.17, 15) is 4.79 Å². The summed E-state index contributed by atoms with van der Waals surface area (Å²) in [5, 5.41) is 9.09. The molecule has 0 aromatic carbocycles. The highest BCUT2D eigenvalue weighted by Crippen LogP contribution is 2.27. The summed E-state index contributed by atoms with van der Waals surface area (Å²) in [6.45, 7) is 3.23. The summed E-state index contributed by atoms with van der Waals surface area (Å²) in [7, 11) is 0. The summed E-state index contributed by atoms with van der Waals surface area (Å²) >= 11 is 0. The fourth-order valence-corrected chi connectivity index (χ4v) is 1.01. The van der Waals surface area contributed by atoms with E-state index in [0.29, 0.717) is 6.42 Å². The smallest absolute Gasteiger partial charge is 0.311 e. The number of hydrogen-bond donors (Lipinski definition) is 1. The number of aliphatic hydroxyl groups is 1. The molecule has 9 heavy (non-hydrogen) atoms. The van der Waals surface area contributed by atoms with Crippen molar-refractivity contribution in [2.45, 2.75) is 26.1 Å². The number of carbonyl (C=O) groups excluding carboxylic acids is 1. The van der Waals surface area contributed by atoms with E-state index >= 15 is 0 Å². The molecular formula is C6H10O3. The van der Waals surface area contributed by atoms with Crippen LogP contribution in [0.2, 0.25) is 0 Å². The average Bonchev–Trinajstić information content (AvgIpc) is 1.79. The van der Waals surface area contributed by atoms with Crippen molar-refractivity contribution in [1.82, 2.24) is 0 Å². The molecular weight excluding hydrogens is 120 g/mol. The van der Waals surface area contributed by atoms with Gasteiger partial charge in [0.05, 0.1) is 5.92 Å². The van der Waals surface area contributed by atoms with Crippen LogP contribution in [0.5, 0.6) is 0 Å². The van der Waals surface area contributed by atoms with Crippen LogP contribution in [0, 0.1) is 5.92 Å². The number of cyclic esters (lactones) is 1. The molecule has 1 N–H and O–H groups in total. The van der Waals surface area contributed by atoms with Crippen LogP contribution in [0.1, 0.15) is 20.3 Å². The molecule has 1 heterocycles. The zero-order chi connectivity index (χ0) is 7.07. The lowest BCUT2D eigenvalue weighted by Gasteiger charge is -2.12. The van der Waals surface area contributed by atoms with Crippen LogP contribution >= 0.6 is 0 Å². The molecule has 0 unspecified atom stereocenters. The molecule has 1 aliphatic heterocycles. The summed E-state index contributed by atoms with van der Waals surface area (Å²) in [6, 6.07) is 0. The lowest BCUT2D eigenvalue weighted by molar-refractivity contribution is -0.181. The van der Waals surface area contributed by atoms with Crippen LogP contribution in [-0.4, -0.2) is 16.9 Å². The number of esters is 1. The SMILES string of the molecule is C[C@@H]1C[C@@](C)(O)OC1=O. The average molecular weight is 130 g/mol. The fraction of sp³-hybridized carbons (Fsp3) is 0.833. The monoisotopic (exact) mass is 130 g/mol. The lowest BCUT2D eigenvalue weighted by atomic mass is 10.1. The van der Waals surface area contributed by atoms with Gasteiger partial charge in [0.1, 0.15) is 0 Å². The van der Waals surface area contributed by atoms with Crippen molar-refractivity contribution in [1.29, 1.82) is 0 Å². The summed E-state index contributed by atoms with van der Waals surface area (Å²) < 4.78 is 4.58. The van der Waals surface area contributed by atoms with E-state index in [0.717, 1.165) is 0 Å². The first-order chi connectivity index (χ1) is 4.01. The van der Waals surface area contributed by atoms with Gasteiger partial charge in [-0.15, -0.1) is 0 Å². The van der Waals surface area contributed by atoms with Crippen LogP contribution in [0.4, 0.5) is 0 Å². The molecule has 0 spiro atoms. The first-order valence-corrected chi connectivity index (χ1v) is 2.96. The molecule has 3 nitrogen and oxygen atoms in total. The third kappa shape index (κ3) is 1.21. The Labute approximate surface area is 53.6 Å². The van der Waals surface area contributed by atoms with Gasteiger partial charge in [-0.1, -0.05) is 6.92 Å². The lowest BCUT2D eigenvalue weighted by Crippen LogP contribution is -2.22. The minimum Gasteiger partial charge on any atom is -0.433 e. The number of hydrogen-bond acceptors (Lipinski definition) is 3. The molecule has 0 aromatic heterocycles. The fourth-order valence-electron chi connectivity index (χ4n) is 1.01. The highest BCUT2D eigenvalue weighted by Gasteiger charge is 2.38. The van der Waals surface area contributed by atoms with E-state index < -0.39 is 5.79 Å². The van der Waals surface area contributed by atoms with Gasteiger partial charge in [-0.3, -0.25) is 4.79 Å². The second kappa shape index (κ2) is 1.70. The van der Waals surface area contributed by atoms with Gasteiger partial charge >= 0.3 is 5.97 Å². The normalized spacial score (nSPS) is 43.0. The molecule has 0 bridgehead atoms. The summed E-state index contributed by atoms with van der Waals surface area (Å²) in [5.41, 5.74) is 0.